The average Bonchev–Trinajstić information content (AvgIpc) is 2.67. The summed E-state index contributed by atoms with van der Waals surface area (Å²) in [5, 5.41) is 2.65. The minimum Gasteiger partial charge on any atom is -0.497 e. The van der Waals surface area contributed by atoms with Crippen LogP contribution in [0.5, 0.6) is 17.2 Å². The van der Waals surface area contributed by atoms with Gasteiger partial charge >= 0.3 is 0 Å². The summed E-state index contributed by atoms with van der Waals surface area (Å²) < 4.78 is 43.0. The normalized spacial score (nSPS) is 12.2. The zero-order chi connectivity index (χ0) is 20.9. The second-order valence-electron chi connectivity index (χ2n) is 6.03. The number of anilines is 1. The Morgan fingerprint density at radius 2 is 1.64 bits per heavy atom. The summed E-state index contributed by atoms with van der Waals surface area (Å²) >= 11 is 0. The second-order valence-corrected chi connectivity index (χ2v) is 7.74. The lowest BCUT2D eigenvalue weighted by Gasteiger charge is -2.17. The van der Waals surface area contributed by atoms with Gasteiger partial charge in [-0.1, -0.05) is 0 Å². The summed E-state index contributed by atoms with van der Waals surface area (Å²) in [4.78, 5) is 12.5. The Bertz CT molecular complexity index is 959. The molecule has 9 heteroatoms. The van der Waals surface area contributed by atoms with E-state index in [0.717, 1.165) is 0 Å². The summed E-state index contributed by atoms with van der Waals surface area (Å²) in [5.74, 6) is 1.01. The highest BCUT2D eigenvalue weighted by molar-refractivity contribution is 7.89. The van der Waals surface area contributed by atoms with E-state index in [1.54, 1.807) is 31.2 Å². The number of carbonyl (C=O) groups is 1. The molecule has 0 aliphatic carbocycles. The van der Waals surface area contributed by atoms with Crippen LogP contribution in [-0.2, 0) is 14.8 Å². The zero-order valence-corrected chi connectivity index (χ0v) is 17.2. The highest BCUT2D eigenvalue weighted by Gasteiger charge is 2.23. The van der Waals surface area contributed by atoms with E-state index >= 15 is 0 Å². The van der Waals surface area contributed by atoms with Crippen LogP contribution in [0.4, 0.5) is 5.69 Å². The average molecular weight is 408 g/mol. The van der Waals surface area contributed by atoms with E-state index in [2.05, 4.69) is 10.0 Å². The molecule has 0 saturated carbocycles. The molecule has 2 N–H and O–H groups in total. The maximum atomic E-state index is 12.6. The number of amides is 1. The first-order chi connectivity index (χ1) is 13.2. The van der Waals surface area contributed by atoms with Crippen LogP contribution in [0.2, 0.25) is 0 Å². The molecule has 0 aromatic heterocycles. The number of aryl methyl sites for hydroxylation is 1. The lowest BCUT2D eigenvalue weighted by molar-refractivity contribution is -0.117. The summed E-state index contributed by atoms with van der Waals surface area (Å²) in [5.41, 5.74) is 1.07. The van der Waals surface area contributed by atoms with Gasteiger partial charge in [-0.3, -0.25) is 4.79 Å². The monoisotopic (exact) mass is 408 g/mol. The molecule has 152 valence electrons. The number of benzene rings is 2. The minimum atomic E-state index is -3.89. The molecule has 28 heavy (non-hydrogen) atoms. The quantitative estimate of drug-likeness (QED) is 0.695. The van der Waals surface area contributed by atoms with Gasteiger partial charge in [0.05, 0.1) is 38.0 Å². The Morgan fingerprint density at radius 3 is 2.21 bits per heavy atom. The summed E-state index contributed by atoms with van der Waals surface area (Å²) in [7, 11) is 0.600. The van der Waals surface area contributed by atoms with Crippen molar-refractivity contribution in [2.45, 2.75) is 24.8 Å². The van der Waals surface area contributed by atoms with Gasteiger partial charge in [-0.2, -0.15) is 4.72 Å². The van der Waals surface area contributed by atoms with Gasteiger partial charge in [-0.25, -0.2) is 8.42 Å². The van der Waals surface area contributed by atoms with Crippen molar-refractivity contribution in [2.24, 2.45) is 0 Å². The zero-order valence-electron chi connectivity index (χ0n) is 16.4. The number of sulfonamides is 1. The van der Waals surface area contributed by atoms with Crippen molar-refractivity contribution in [2.75, 3.05) is 26.6 Å². The van der Waals surface area contributed by atoms with Crippen LogP contribution < -0.4 is 24.2 Å². The first-order valence-corrected chi connectivity index (χ1v) is 9.90. The molecule has 1 amide bonds. The van der Waals surface area contributed by atoms with E-state index in [1.165, 1.54) is 40.4 Å². The van der Waals surface area contributed by atoms with E-state index < -0.39 is 22.0 Å². The Morgan fingerprint density at radius 1 is 0.964 bits per heavy atom. The van der Waals surface area contributed by atoms with Crippen LogP contribution >= 0.6 is 0 Å². The van der Waals surface area contributed by atoms with E-state index in [-0.39, 0.29) is 4.90 Å². The standard InChI is InChI=1S/C19H24N2O6S/c1-12-10-15(7-9-17(12)26-4)28(23,24)21-13(2)19(22)20-16-8-6-14(25-3)11-18(16)27-5/h6-11,13,21H,1-5H3,(H,20,22)/t13-/m0/s1. The lowest BCUT2D eigenvalue weighted by atomic mass is 10.2. The van der Waals surface area contributed by atoms with E-state index in [9.17, 15) is 13.2 Å². The largest absolute Gasteiger partial charge is 0.497 e. The van der Waals surface area contributed by atoms with Crippen LogP contribution in [0.25, 0.3) is 0 Å². The van der Waals surface area contributed by atoms with Crippen LogP contribution in [0, 0.1) is 6.92 Å². The summed E-state index contributed by atoms with van der Waals surface area (Å²) in [6, 6.07) is 8.35. The number of hydrogen-bond donors (Lipinski definition) is 2. The molecule has 0 spiro atoms. The Balaban J connectivity index is 2.14. The van der Waals surface area contributed by atoms with Crippen molar-refractivity contribution in [3.63, 3.8) is 0 Å². The predicted octanol–water partition coefficient (Wildman–Crippen LogP) is 2.33. The number of nitrogens with one attached hydrogen (secondary N) is 2. The highest BCUT2D eigenvalue weighted by Crippen LogP contribution is 2.29. The molecular formula is C19H24N2O6S. The number of methoxy groups -OCH3 is 3. The van der Waals surface area contributed by atoms with Crippen LogP contribution in [0.15, 0.2) is 41.3 Å². The second kappa shape index (κ2) is 8.94. The van der Waals surface area contributed by atoms with Gasteiger partial charge in [0.2, 0.25) is 15.9 Å². The van der Waals surface area contributed by atoms with Gasteiger partial charge in [-0.15, -0.1) is 0 Å². The third-order valence-electron chi connectivity index (χ3n) is 4.07. The van der Waals surface area contributed by atoms with E-state index in [0.29, 0.717) is 28.5 Å². The van der Waals surface area contributed by atoms with Crippen molar-refractivity contribution >= 4 is 21.6 Å². The molecule has 0 bridgehead atoms. The van der Waals surface area contributed by atoms with Gasteiger partial charge in [0, 0.05) is 6.07 Å². The van der Waals surface area contributed by atoms with Crippen LogP contribution in [0.3, 0.4) is 0 Å². The summed E-state index contributed by atoms with van der Waals surface area (Å²) in [6.07, 6.45) is 0. The molecule has 2 aromatic carbocycles. The molecule has 0 heterocycles. The molecule has 1 atom stereocenters. The van der Waals surface area contributed by atoms with E-state index in [1.807, 2.05) is 0 Å². The third-order valence-corrected chi connectivity index (χ3v) is 5.61. The fraction of sp³-hybridized carbons (Fsp3) is 0.316. The fourth-order valence-corrected chi connectivity index (χ4v) is 3.80. The van der Waals surface area contributed by atoms with Crippen molar-refractivity contribution in [3.8, 4) is 17.2 Å². The molecular weight excluding hydrogens is 384 g/mol. The highest BCUT2D eigenvalue weighted by atomic mass is 32.2. The van der Waals surface area contributed by atoms with Gasteiger partial charge < -0.3 is 19.5 Å². The minimum absolute atomic E-state index is 0.0486. The third kappa shape index (κ3) is 4.93. The Kier molecular flexibility index (Phi) is 6.87. The molecule has 8 nitrogen and oxygen atoms in total. The van der Waals surface area contributed by atoms with Gasteiger partial charge in [-0.05, 0) is 49.7 Å². The Labute approximate surface area is 164 Å². The maximum Gasteiger partial charge on any atom is 0.242 e. The van der Waals surface area contributed by atoms with Crippen molar-refractivity contribution < 1.29 is 27.4 Å². The van der Waals surface area contributed by atoms with Gasteiger partial charge in [0.15, 0.2) is 0 Å². The fourth-order valence-electron chi connectivity index (χ4n) is 2.52. The molecule has 2 aromatic rings. The molecule has 0 aliphatic heterocycles. The SMILES string of the molecule is COc1ccc(NC(=O)[C@H](C)NS(=O)(=O)c2ccc(OC)c(C)c2)c(OC)c1. The van der Waals surface area contributed by atoms with Crippen LogP contribution in [-0.4, -0.2) is 41.7 Å². The molecule has 2 rings (SSSR count). The van der Waals surface area contributed by atoms with Crippen molar-refractivity contribution in [3.05, 3.63) is 42.0 Å². The van der Waals surface area contributed by atoms with Crippen molar-refractivity contribution in [1.29, 1.82) is 0 Å². The van der Waals surface area contributed by atoms with Crippen molar-refractivity contribution in [1.82, 2.24) is 4.72 Å². The van der Waals surface area contributed by atoms with Crippen LogP contribution in [0.1, 0.15) is 12.5 Å². The Hall–Kier alpha value is -2.78. The molecule has 0 unspecified atom stereocenters. The molecule has 0 aliphatic rings. The maximum absolute atomic E-state index is 12.6. The van der Waals surface area contributed by atoms with E-state index in [4.69, 9.17) is 14.2 Å². The smallest absolute Gasteiger partial charge is 0.242 e. The molecule has 0 saturated heterocycles. The van der Waals surface area contributed by atoms with Gasteiger partial charge in [0.25, 0.3) is 0 Å². The number of ether oxygens (including phenoxy) is 3. The number of rotatable bonds is 8. The molecule has 0 fully saturated rings. The first kappa shape index (κ1) is 21.5. The molecule has 0 radical (unpaired) electrons. The van der Waals surface area contributed by atoms with Gasteiger partial charge in [0.1, 0.15) is 17.2 Å². The number of hydrogen-bond acceptors (Lipinski definition) is 6. The predicted molar refractivity (Wildman–Crippen MR) is 106 cm³/mol. The lowest BCUT2D eigenvalue weighted by Crippen LogP contribution is -2.41. The summed E-state index contributed by atoms with van der Waals surface area (Å²) in [6.45, 7) is 3.20. The topological polar surface area (TPSA) is 103 Å². The number of carbonyl (C=O) groups excluding carboxylic acids is 1. The first-order valence-electron chi connectivity index (χ1n) is 8.41.